The standard InChI is InChI=1S/C11H20N4OS/c1-17-11-14-8-10(9-15-11)7-13-4-2-3-12-5-6-16/h8-9,12-13,16H,2-7H2,1H3. The first-order chi connectivity index (χ1) is 8.36. The SMILES string of the molecule is CSc1ncc(CNCCCNCCO)cn1. The average molecular weight is 256 g/mol. The van der Waals surface area contributed by atoms with E-state index in [1.165, 1.54) is 0 Å². The Morgan fingerprint density at radius 1 is 1.18 bits per heavy atom. The number of rotatable bonds is 9. The van der Waals surface area contributed by atoms with Crippen LogP contribution in [-0.2, 0) is 6.54 Å². The molecule has 0 radical (unpaired) electrons. The summed E-state index contributed by atoms with van der Waals surface area (Å²) < 4.78 is 0. The molecule has 96 valence electrons. The minimum absolute atomic E-state index is 0.201. The van der Waals surface area contributed by atoms with Crippen molar-refractivity contribution >= 4 is 11.8 Å². The third-order valence-corrected chi connectivity index (χ3v) is 2.76. The fourth-order valence-corrected chi connectivity index (χ4v) is 1.63. The first-order valence-corrected chi connectivity index (χ1v) is 6.96. The Labute approximate surface area is 106 Å². The van der Waals surface area contributed by atoms with Crippen molar-refractivity contribution in [2.75, 3.05) is 32.5 Å². The molecule has 5 nitrogen and oxygen atoms in total. The number of nitrogens with zero attached hydrogens (tertiary/aromatic N) is 2. The highest BCUT2D eigenvalue weighted by Crippen LogP contribution is 2.06. The number of thioether (sulfide) groups is 1. The van der Waals surface area contributed by atoms with Gasteiger partial charge in [-0.1, -0.05) is 11.8 Å². The van der Waals surface area contributed by atoms with E-state index in [0.29, 0.717) is 6.54 Å². The maximum Gasteiger partial charge on any atom is 0.187 e. The maximum atomic E-state index is 8.57. The molecule has 3 N–H and O–H groups in total. The summed E-state index contributed by atoms with van der Waals surface area (Å²) in [6, 6.07) is 0. The maximum absolute atomic E-state index is 8.57. The van der Waals surface area contributed by atoms with Crippen LogP contribution >= 0.6 is 11.8 Å². The van der Waals surface area contributed by atoms with E-state index in [9.17, 15) is 0 Å². The van der Waals surface area contributed by atoms with Gasteiger partial charge in [0, 0.05) is 31.0 Å². The summed E-state index contributed by atoms with van der Waals surface area (Å²) in [7, 11) is 0. The van der Waals surface area contributed by atoms with Crippen molar-refractivity contribution in [1.82, 2.24) is 20.6 Å². The molecule has 17 heavy (non-hydrogen) atoms. The number of hydrogen-bond acceptors (Lipinski definition) is 6. The molecule has 1 aromatic rings. The fourth-order valence-electron chi connectivity index (χ4n) is 1.31. The van der Waals surface area contributed by atoms with Gasteiger partial charge in [-0.3, -0.25) is 0 Å². The van der Waals surface area contributed by atoms with Gasteiger partial charge in [-0.05, 0) is 25.8 Å². The lowest BCUT2D eigenvalue weighted by atomic mass is 10.3. The second-order valence-corrected chi connectivity index (χ2v) is 4.36. The normalized spacial score (nSPS) is 10.7. The number of aliphatic hydroxyl groups excluding tert-OH is 1. The van der Waals surface area contributed by atoms with Crippen LogP contribution in [0.15, 0.2) is 17.6 Å². The van der Waals surface area contributed by atoms with Crippen LogP contribution in [0.5, 0.6) is 0 Å². The van der Waals surface area contributed by atoms with Crippen LogP contribution < -0.4 is 10.6 Å². The number of hydrogen-bond donors (Lipinski definition) is 3. The van der Waals surface area contributed by atoms with Gasteiger partial charge in [0.2, 0.25) is 0 Å². The third kappa shape index (κ3) is 6.58. The number of aliphatic hydroxyl groups is 1. The Balaban J connectivity index is 2.05. The van der Waals surface area contributed by atoms with Crippen molar-refractivity contribution in [1.29, 1.82) is 0 Å². The lowest BCUT2D eigenvalue weighted by Crippen LogP contribution is -2.23. The van der Waals surface area contributed by atoms with Gasteiger partial charge in [0.25, 0.3) is 0 Å². The van der Waals surface area contributed by atoms with E-state index < -0.39 is 0 Å². The van der Waals surface area contributed by atoms with E-state index in [1.807, 2.05) is 18.6 Å². The Bertz CT molecular complexity index is 294. The molecular formula is C11H20N4OS. The molecule has 0 bridgehead atoms. The van der Waals surface area contributed by atoms with Crippen molar-refractivity contribution in [2.45, 2.75) is 18.1 Å². The molecule has 0 atom stereocenters. The molecule has 0 aliphatic heterocycles. The predicted octanol–water partition coefficient (Wildman–Crippen LogP) is 0.260. The fraction of sp³-hybridized carbons (Fsp3) is 0.636. The second-order valence-electron chi connectivity index (χ2n) is 3.58. The molecule has 0 saturated heterocycles. The molecule has 0 amide bonds. The zero-order valence-electron chi connectivity index (χ0n) is 10.1. The second kappa shape index (κ2) is 9.35. The van der Waals surface area contributed by atoms with E-state index in [4.69, 9.17) is 5.11 Å². The smallest absolute Gasteiger partial charge is 0.187 e. The van der Waals surface area contributed by atoms with Crippen molar-refractivity contribution in [2.24, 2.45) is 0 Å². The van der Waals surface area contributed by atoms with Crippen LogP contribution in [0, 0.1) is 0 Å². The van der Waals surface area contributed by atoms with Gasteiger partial charge in [-0.15, -0.1) is 0 Å². The summed E-state index contributed by atoms with van der Waals surface area (Å²) in [5, 5.41) is 15.8. The van der Waals surface area contributed by atoms with Crippen molar-refractivity contribution in [3.63, 3.8) is 0 Å². The molecule has 1 aromatic heterocycles. The van der Waals surface area contributed by atoms with Gasteiger partial charge in [0.05, 0.1) is 6.61 Å². The van der Waals surface area contributed by atoms with Gasteiger partial charge in [-0.2, -0.15) is 0 Å². The van der Waals surface area contributed by atoms with E-state index in [-0.39, 0.29) is 6.61 Å². The Morgan fingerprint density at radius 3 is 2.53 bits per heavy atom. The molecular weight excluding hydrogens is 236 g/mol. The summed E-state index contributed by atoms with van der Waals surface area (Å²) in [4.78, 5) is 8.42. The van der Waals surface area contributed by atoms with Crippen molar-refractivity contribution in [3.05, 3.63) is 18.0 Å². The molecule has 1 heterocycles. The molecule has 0 saturated carbocycles. The first-order valence-electron chi connectivity index (χ1n) is 5.74. The highest BCUT2D eigenvalue weighted by atomic mass is 32.2. The Morgan fingerprint density at radius 2 is 1.88 bits per heavy atom. The third-order valence-electron chi connectivity index (χ3n) is 2.19. The van der Waals surface area contributed by atoms with Crippen molar-refractivity contribution < 1.29 is 5.11 Å². The minimum atomic E-state index is 0.201. The van der Waals surface area contributed by atoms with Gasteiger partial charge >= 0.3 is 0 Å². The monoisotopic (exact) mass is 256 g/mol. The average Bonchev–Trinajstić information content (AvgIpc) is 2.38. The van der Waals surface area contributed by atoms with Crippen LogP contribution in [0.4, 0.5) is 0 Å². The topological polar surface area (TPSA) is 70.1 Å². The van der Waals surface area contributed by atoms with Crippen molar-refractivity contribution in [3.8, 4) is 0 Å². The van der Waals surface area contributed by atoms with Gasteiger partial charge < -0.3 is 15.7 Å². The van der Waals surface area contributed by atoms with Crippen LogP contribution in [0.3, 0.4) is 0 Å². The van der Waals surface area contributed by atoms with Gasteiger partial charge in [0.1, 0.15) is 0 Å². The number of aromatic nitrogens is 2. The van der Waals surface area contributed by atoms with Crippen LogP contribution in [0.1, 0.15) is 12.0 Å². The van der Waals surface area contributed by atoms with Crippen LogP contribution in [-0.4, -0.2) is 47.6 Å². The molecule has 0 aromatic carbocycles. The largest absolute Gasteiger partial charge is 0.395 e. The van der Waals surface area contributed by atoms with Crippen LogP contribution in [0.2, 0.25) is 0 Å². The van der Waals surface area contributed by atoms with Gasteiger partial charge in [0.15, 0.2) is 5.16 Å². The number of nitrogens with one attached hydrogen (secondary N) is 2. The van der Waals surface area contributed by atoms with E-state index >= 15 is 0 Å². The summed E-state index contributed by atoms with van der Waals surface area (Å²) in [6.45, 7) is 3.55. The van der Waals surface area contributed by atoms with Crippen LogP contribution in [0.25, 0.3) is 0 Å². The minimum Gasteiger partial charge on any atom is -0.395 e. The molecule has 0 fully saturated rings. The molecule has 0 aliphatic rings. The zero-order valence-corrected chi connectivity index (χ0v) is 11.0. The lowest BCUT2D eigenvalue weighted by Gasteiger charge is -2.05. The summed E-state index contributed by atoms with van der Waals surface area (Å²) in [5.41, 5.74) is 1.10. The molecule has 6 heteroatoms. The highest BCUT2D eigenvalue weighted by Gasteiger charge is 1.96. The summed E-state index contributed by atoms with van der Waals surface area (Å²) >= 11 is 1.55. The molecule has 1 rings (SSSR count). The quantitative estimate of drug-likeness (QED) is 0.334. The van der Waals surface area contributed by atoms with E-state index in [1.54, 1.807) is 11.8 Å². The Kier molecular flexibility index (Phi) is 7.91. The van der Waals surface area contributed by atoms with E-state index in [2.05, 4.69) is 20.6 Å². The summed E-state index contributed by atoms with van der Waals surface area (Å²) in [5.74, 6) is 0. The Hall–Kier alpha value is -0.690. The lowest BCUT2D eigenvalue weighted by molar-refractivity contribution is 0.292. The van der Waals surface area contributed by atoms with Gasteiger partial charge in [-0.25, -0.2) is 9.97 Å². The first kappa shape index (κ1) is 14.4. The zero-order chi connectivity index (χ0) is 12.3. The highest BCUT2D eigenvalue weighted by molar-refractivity contribution is 7.98. The molecule has 0 spiro atoms. The molecule has 0 aliphatic carbocycles. The molecule has 0 unspecified atom stereocenters. The predicted molar refractivity (Wildman–Crippen MR) is 70.1 cm³/mol. The van der Waals surface area contributed by atoms with E-state index in [0.717, 1.165) is 36.8 Å². The summed E-state index contributed by atoms with van der Waals surface area (Å²) in [6.07, 6.45) is 6.72.